The fourth-order valence-corrected chi connectivity index (χ4v) is 5.45. The van der Waals surface area contributed by atoms with Gasteiger partial charge in [-0.2, -0.15) is 17.9 Å². The Balaban J connectivity index is 1.67. The molecule has 1 fully saturated rings. The summed E-state index contributed by atoms with van der Waals surface area (Å²) in [4.78, 5) is 15.4. The molecule has 1 aliphatic heterocycles. The molecule has 2 aromatic carbocycles. The second kappa shape index (κ2) is 14.5. The third-order valence-electron chi connectivity index (χ3n) is 6.43. The Hall–Kier alpha value is -2.70. The number of benzene rings is 2. The number of methoxy groups -OCH3 is 2. The molecule has 2 aromatic rings. The molecule has 2 atom stereocenters. The van der Waals surface area contributed by atoms with Crippen LogP contribution in [0.2, 0.25) is 0 Å². The Bertz CT molecular complexity index is 1130. The Labute approximate surface area is 226 Å². The minimum absolute atomic E-state index is 0.0928. The molecule has 3 N–H and O–H groups in total. The molecule has 0 unspecified atom stereocenters. The van der Waals surface area contributed by atoms with Gasteiger partial charge in [-0.15, -0.1) is 0 Å². The highest BCUT2D eigenvalue weighted by Gasteiger charge is 2.34. The van der Waals surface area contributed by atoms with Crippen molar-refractivity contribution in [2.24, 2.45) is 5.92 Å². The molecule has 0 radical (unpaired) electrons. The van der Waals surface area contributed by atoms with Crippen LogP contribution in [-0.2, 0) is 21.5 Å². The zero-order chi connectivity index (χ0) is 27.5. The molecular formula is C27H40N4O6S. The smallest absolute Gasteiger partial charge is 0.277 e. The van der Waals surface area contributed by atoms with Crippen molar-refractivity contribution in [3.63, 3.8) is 0 Å². The molecule has 0 bridgehead atoms. The molecule has 1 aliphatic rings. The fourth-order valence-electron chi connectivity index (χ4n) is 4.33. The van der Waals surface area contributed by atoms with E-state index in [0.717, 1.165) is 5.56 Å². The number of hydrogen-bond donors (Lipinski definition) is 3. The van der Waals surface area contributed by atoms with Gasteiger partial charge in [0.25, 0.3) is 16.1 Å². The fraction of sp³-hybridized carbons (Fsp3) is 0.519. The zero-order valence-electron chi connectivity index (χ0n) is 22.6. The molecule has 1 amide bonds. The van der Waals surface area contributed by atoms with Crippen LogP contribution in [0.15, 0.2) is 48.5 Å². The maximum absolute atomic E-state index is 13.6. The summed E-state index contributed by atoms with van der Waals surface area (Å²) >= 11 is 0. The summed E-state index contributed by atoms with van der Waals surface area (Å²) in [6.45, 7) is 6.58. The molecular weight excluding hydrogens is 508 g/mol. The third kappa shape index (κ3) is 8.67. The van der Waals surface area contributed by atoms with Crippen molar-refractivity contribution < 1.29 is 27.4 Å². The van der Waals surface area contributed by atoms with E-state index in [1.807, 2.05) is 44.2 Å². The van der Waals surface area contributed by atoms with E-state index in [4.69, 9.17) is 14.2 Å². The Kier molecular flexibility index (Phi) is 11.4. The molecule has 1 heterocycles. The molecule has 11 heteroatoms. The lowest BCUT2D eigenvalue weighted by Crippen LogP contribution is -2.50. The van der Waals surface area contributed by atoms with Gasteiger partial charge >= 0.3 is 0 Å². The first-order valence-electron chi connectivity index (χ1n) is 12.9. The molecule has 210 valence electrons. The summed E-state index contributed by atoms with van der Waals surface area (Å²) in [5.41, 5.74) is 1.35. The number of carbonyl (C=O) groups is 1. The van der Waals surface area contributed by atoms with Crippen LogP contribution in [0.4, 0.5) is 0 Å². The van der Waals surface area contributed by atoms with Gasteiger partial charge in [-0.1, -0.05) is 30.3 Å². The highest BCUT2D eigenvalue weighted by molar-refractivity contribution is 7.87. The van der Waals surface area contributed by atoms with Crippen LogP contribution < -0.4 is 24.2 Å². The third-order valence-corrected chi connectivity index (χ3v) is 7.57. The average Bonchev–Trinajstić information content (AvgIpc) is 3.34. The van der Waals surface area contributed by atoms with Crippen LogP contribution in [0.5, 0.6) is 11.5 Å². The second-order valence-corrected chi connectivity index (χ2v) is 11.1. The minimum Gasteiger partial charge on any atom is -0.493 e. The minimum atomic E-state index is -3.73. The predicted octanol–water partition coefficient (Wildman–Crippen LogP) is 2.17. The van der Waals surface area contributed by atoms with Gasteiger partial charge in [-0.05, 0) is 37.6 Å². The zero-order valence-corrected chi connectivity index (χ0v) is 23.4. The summed E-state index contributed by atoms with van der Waals surface area (Å²) in [6, 6.07) is 14.0. The molecule has 3 rings (SSSR count). The lowest BCUT2D eigenvalue weighted by Gasteiger charge is -2.32. The highest BCUT2D eigenvalue weighted by Crippen LogP contribution is 2.29. The van der Waals surface area contributed by atoms with Gasteiger partial charge in [0.05, 0.1) is 13.7 Å². The molecule has 38 heavy (non-hydrogen) atoms. The summed E-state index contributed by atoms with van der Waals surface area (Å²) in [6.07, 6.45) is 0.710. The second-order valence-electron chi connectivity index (χ2n) is 9.56. The van der Waals surface area contributed by atoms with Crippen molar-refractivity contribution in [2.45, 2.75) is 38.9 Å². The van der Waals surface area contributed by atoms with Crippen LogP contribution >= 0.6 is 0 Å². The van der Waals surface area contributed by atoms with Gasteiger partial charge in [0.2, 0.25) is 0 Å². The number of nitrogens with one attached hydrogen (secondary N) is 3. The Morgan fingerprint density at radius 2 is 1.84 bits per heavy atom. The molecule has 0 aromatic heterocycles. The Morgan fingerprint density at radius 1 is 1.08 bits per heavy atom. The Morgan fingerprint density at radius 3 is 2.53 bits per heavy atom. The van der Waals surface area contributed by atoms with Gasteiger partial charge in [0, 0.05) is 69.9 Å². The van der Waals surface area contributed by atoms with E-state index in [1.165, 1.54) is 0 Å². The number of carbonyl (C=O) groups excluding carboxylic acids is 1. The van der Waals surface area contributed by atoms with Crippen molar-refractivity contribution in [2.75, 3.05) is 47.1 Å². The van der Waals surface area contributed by atoms with Crippen molar-refractivity contribution in [3.05, 3.63) is 59.7 Å². The van der Waals surface area contributed by atoms with Gasteiger partial charge < -0.3 is 24.4 Å². The van der Waals surface area contributed by atoms with Gasteiger partial charge in [-0.3, -0.25) is 4.79 Å². The number of hydrogen-bond acceptors (Lipinski definition) is 7. The highest BCUT2D eigenvalue weighted by atomic mass is 32.2. The number of amides is 1. The maximum Gasteiger partial charge on any atom is 0.277 e. The maximum atomic E-state index is 13.6. The van der Waals surface area contributed by atoms with Crippen molar-refractivity contribution >= 4 is 16.1 Å². The van der Waals surface area contributed by atoms with Crippen molar-refractivity contribution in [1.29, 1.82) is 0 Å². The van der Waals surface area contributed by atoms with Crippen LogP contribution in [0.3, 0.4) is 0 Å². The molecule has 0 saturated carbocycles. The van der Waals surface area contributed by atoms with Crippen LogP contribution in [0, 0.1) is 5.92 Å². The summed E-state index contributed by atoms with van der Waals surface area (Å²) in [5, 5.41) is 3.26. The van der Waals surface area contributed by atoms with Crippen LogP contribution in [0.25, 0.3) is 0 Å². The summed E-state index contributed by atoms with van der Waals surface area (Å²) in [5.74, 6) is 0.793. The van der Waals surface area contributed by atoms with Crippen molar-refractivity contribution in [3.8, 4) is 11.5 Å². The van der Waals surface area contributed by atoms with Crippen LogP contribution in [0.1, 0.15) is 36.2 Å². The lowest BCUT2D eigenvalue weighted by molar-refractivity contribution is 0.0671. The standard InChI is InChI=1S/C27H40N4O6S/c1-20(2)31(27(32)22-11-12-25(36-4)26(15-22)37-14-8-13-35-3)19-23-17-28-18-24(23)30-38(33,34)29-16-21-9-6-5-7-10-21/h5-7,9-12,15,20,23-24,28-30H,8,13-14,16-19H2,1-4H3/t23-,24+/m0/s1. The van der Waals surface area contributed by atoms with E-state index >= 15 is 0 Å². The van der Waals surface area contributed by atoms with E-state index in [-0.39, 0.29) is 30.5 Å². The first kappa shape index (κ1) is 29.9. The van der Waals surface area contributed by atoms with Crippen molar-refractivity contribution in [1.82, 2.24) is 19.7 Å². The summed E-state index contributed by atoms with van der Waals surface area (Å²) in [7, 11) is -0.540. The predicted molar refractivity (Wildman–Crippen MR) is 147 cm³/mol. The average molecular weight is 549 g/mol. The van der Waals surface area contributed by atoms with Gasteiger partial charge in [0.1, 0.15) is 0 Å². The van der Waals surface area contributed by atoms with Gasteiger partial charge in [-0.25, -0.2) is 0 Å². The van der Waals surface area contributed by atoms with E-state index < -0.39 is 10.2 Å². The largest absolute Gasteiger partial charge is 0.493 e. The summed E-state index contributed by atoms with van der Waals surface area (Å²) < 4.78 is 47.2. The normalized spacial score (nSPS) is 17.5. The number of rotatable bonds is 15. The van der Waals surface area contributed by atoms with E-state index in [0.29, 0.717) is 56.3 Å². The van der Waals surface area contributed by atoms with Gasteiger partial charge in [0.15, 0.2) is 11.5 Å². The van der Waals surface area contributed by atoms with E-state index in [1.54, 1.807) is 37.3 Å². The molecule has 10 nitrogen and oxygen atoms in total. The monoisotopic (exact) mass is 548 g/mol. The van der Waals surface area contributed by atoms with E-state index in [9.17, 15) is 13.2 Å². The first-order chi connectivity index (χ1) is 18.2. The molecule has 1 saturated heterocycles. The quantitative estimate of drug-likeness (QED) is 0.292. The first-order valence-corrected chi connectivity index (χ1v) is 14.3. The molecule has 0 spiro atoms. The lowest BCUT2D eigenvalue weighted by atomic mass is 10.0. The SMILES string of the molecule is COCCCOc1cc(C(=O)N(C[C@@H]2CNC[C@H]2NS(=O)(=O)NCc2ccccc2)C(C)C)ccc1OC. The number of ether oxygens (including phenoxy) is 3. The number of nitrogens with zero attached hydrogens (tertiary/aromatic N) is 1. The van der Waals surface area contributed by atoms with Crippen LogP contribution in [-0.4, -0.2) is 78.4 Å². The van der Waals surface area contributed by atoms with E-state index in [2.05, 4.69) is 14.8 Å². The molecule has 0 aliphatic carbocycles. The topological polar surface area (TPSA) is 118 Å².